The van der Waals surface area contributed by atoms with Crippen molar-refractivity contribution in [1.29, 1.82) is 0 Å². The fraction of sp³-hybridized carbons (Fsp3) is 0.286. The fourth-order valence-corrected chi connectivity index (χ4v) is 3.51. The summed E-state index contributed by atoms with van der Waals surface area (Å²) < 4.78 is 3.21. The van der Waals surface area contributed by atoms with Gasteiger partial charge in [0.25, 0.3) is 0 Å². The highest BCUT2D eigenvalue weighted by Crippen LogP contribution is 2.32. The Hall–Kier alpha value is -0.910. The Bertz CT molecular complexity index is 736. The smallest absolute Gasteiger partial charge is 0.128 e. The van der Waals surface area contributed by atoms with E-state index in [1.807, 2.05) is 30.6 Å². The third kappa shape index (κ3) is 2.38. The lowest BCUT2D eigenvalue weighted by Crippen LogP contribution is -2.11. The zero-order chi connectivity index (χ0) is 14.3. The Morgan fingerprint density at radius 3 is 2.80 bits per heavy atom. The molecule has 0 spiro atoms. The molecule has 104 valence electrons. The number of rotatable bonds is 3. The average molecular weight is 371 g/mol. The van der Waals surface area contributed by atoms with Gasteiger partial charge in [-0.05, 0) is 32.0 Å². The molecule has 0 fully saturated rings. The number of aromatic nitrogens is 3. The second kappa shape index (κ2) is 5.47. The molecule has 0 saturated heterocycles. The molecule has 2 atom stereocenters. The van der Waals surface area contributed by atoms with Gasteiger partial charge in [0.15, 0.2) is 0 Å². The van der Waals surface area contributed by atoms with Crippen LogP contribution in [0.2, 0.25) is 0 Å². The van der Waals surface area contributed by atoms with Crippen molar-refractivity contribution in [3.8, 4) is 0 Å². The van der Waals surface area contributed by atoms with Crippen LogP contribution in [-0.4, -0.2) is 14.5 Å². The van der Waals surface area contributed by atoms with E-state index in [0.29, 0.717) is 0 Å². The van der Waals surface area contributed by atoms with Gasteiger partial charge in [0.2, 0.25) is 0 Å². The van der Waals surface area contributed by atoms with Crippen molar-refractivity contribution in [2.75, 3.05) is 0 Å². The molecular weight excluding hydrogens is 358 g/mol. The van der Waals surface area contributed by atoms with Crippen molar-refractivity contribution >= 4 is 49.9 Å². The Labute approximate surface area is 134 Å². The van der Waals surface area contributed by atoms with E-state index in [2.05, 4.69) is 43.5 Å². The van der Waals surface area contributed by atoms with Crippen molar-refractivity contribution in [3.63, 3.8) is 0 Å². The Morgan fingerprint density at radius 2 is 2.15 bits per heavy atom. The maximum Gasteiger partial charge on any atom is 0.128 e. The van der Waals surface area contributed by atoms with Crippen LogP contribution in [0.4, 0.5) is 0 Å². The first-order valence-electron chi connectivity index (χ1n) is 6.28. The van der Waals surface area contributed by atoms with E-state index in [1.165, 1.54) is 0 Å². The lowest BCUT2D eigenvalue weighted by Gasteiger charge is -2.16. The zero-order valence-corrected chi connectivity index (χ0v) is 14.2. The topological polar surface area (TPSA) is 30.7 Å². The molecule has 0 aliphatic heterocycles. The SMILES string of the molecule is CC(Cl)c1nc2ccc(Br)cc2n1C(C)c1nccs1. The molecule has 2 aromatic heterocycles. The van der Waals surface area contributed by atoms with Gasteiger partial charge in [0.1, 0.15) is 10.8 Å². The number of alkyl halides is 1. The molecule has 0 aliphatic carbocycles. The third-order valence-corrected chi connectivity index (χ3v) is 4.86. The third-order valence-electron chi connectivity index (χ3n) is 3.23. The molecule has 0 amide bonds. The number of hydrogen-bond acceptors (Lipinski definition) is 3. The number of thiazole rings is 1. The summed E-state index contributed by atoms with van der Waals surface area (Å²) in [6.07, 6.45) is 1.83. The van der Waals surface area contributed by atoms with Gasteiger partial charge in [-0.25, -0.2) is 9.97 Å². The van der Waals surface area contributed by atoms with Crippen LogP contribution in [0.3, 0.4) is 0 Å². The predicted molar refractivity (Wildman–Crippen MR) is 87.6 cm³/mol. The van der Waals surface area contributed by atoms with Gasteiger partial charge in [0, 0.05) is 16.0 Å². The second-order valence-corrected chi connectivity index (χ2v) is 7.13. The van der Waals surface area contributed by atoms with Crippen molar-refractivity contribution < 1.29 is 0 Å². The summed E-state index contributed by atoms with van der Waals surface area (Å²) in [5, 5.41) is 2.90. The normalized spacial score (nSPS) is 14.6. The van der Waals surface area contributed by atoms with Gasteiger partial charge in [-0.15, -0.1) is 22.9 Å². The minimum atomic E-state index is -0.149. The molecule has 2 unspecified atom stereocenters. The second-order valence-electron chi connectivity index (χ2n) is 4.64. The maximum atomic E-state index is 6.31. The molecule has 6 heteroatoms. The van der Waals surface area contributed by atoms with Crippen LogP contribution in [0.25, 0.3) is 11.0 Å². The van der Waals surface area contributed by atoms with Crippen LogP contribution >= 0.6 is 38.9 Å². The molecule has 1 aromatic carbocycles. The van der Waals surface area contributed by atoms with E-state index in [-0.39, 0.29) is 11.4 Å². The van der Waals surface area contributed by atoms with E-state index < -0.39 is 0 Å². The van der Waals surface area contributed by atoms with Crippen LogP contribution in [0.15, 0.2) is 34.2 Å². The van der Waals surface area contributed by atoms with Gasteiger partial charge in [-0.2, -0.15) is 0 Å². The van der Waals surface area contributed by atoms with E-state index in [0.717, 1.165) is 26.3 Å². The van der Waals surface area contributed by atoms with Crippen LogP contribution in [0.1, 0.15) is 36.1 Å². The van der Waals surface area contributed by atoms with E-state index >= 15 is 0 Å². The monoisotopic (exact) mass is 369 g/mol. The van der Waals surface area contributed by atoms with Gasteiger partial charge < -0.3 is 4.57 Å². The molecule has 0 radical (unpaired) electrons. The first kappa shape index (κ1) is 14.0. The standard InChI is InChI=1S/C14H13BrClN3S/c1-8(16)13-18-11-4-3-10(15)7-12(11)19(13)9(2)14-17-5-6-20-14/h3-9H,1-2H3. The van der Waals surface area contributed by atoms with Gasteiger partial charge >= 0.3 is 0 Å². The summed E-state index contributed by atoms with van der Waals surface area (Å²) in [6, 6.07) is 6.20. The molecule has 3 aromatic rings. The maximum absolute atomic E-state index is 6.31. The first-order valence-corrected chi connectivity index (χ1v) is 8.39. The van der Waals surface area contributed by atoms with Crippen LogP contribution in [-0.2, 0) is 0 Å². The molecule has 20 heavy (non-hydrogen) atoms. The quantitative estimate of drug-likeness (QED) is 0.596. The minimum Gasteiger partial charge on any atom is -0.317 e. The molecule has 0 N–H and O–H groups in total. The van der Waals surface area contributed by atoms with Gasteiger partial charge in [-0.1, -0.05) is 15.9 Å². The number of halogens is 2. The first-order chi connectivity index (χ1) is 9.58. The van der Waals surface area contributed by atoms with Crippen molar-refractivity contribution in [3.05, 3.63) is 45.1 Å². The summed E-state index contributed by atoms with van der Waals surface area (Å²) in [4.78, 5) is 9.09. The fourth-order valence-electron chi connectivity index (χ4n) is 2.32. The van der Waals surface area contributed by atoms with Crippen molar-refractivity contribution in [1.82, 2.24) is 14.5 Å². The number of fused-ring (bicyclic) bond motifs is 1. The molecular formula is C14H13BrClN3S. The lowest BCUT2D eigenvalue weighted by molar-refractivity contribution is 0.615. The highest BCUT2D eigenvalue weighted by atomic mass is 79.9. The lowest BCUT2D eigenvalue weighted by atomic mass is 10.2. The van der Waals surface area contributed by atoms with Crippen molar-refractivity contribution in [2.45, 2.75) is 25.3 Å². The van der Waals surface area contributed by atoms with Crippen LogP contribution in [0, 0.1) is 0 Å². The van der Waals surface area contributed by atoms with E-state index in [9.17, 15) is 0 Å². The summed E-state index contributed by atoms with van der Waals surface area (Å²) in [7, 11) is 0. The van der Waals surface area contributed by atoms with Gasteiger partial charge in [-0.3, -0.25) is 0 Å². The Balaban J connectivity index is 2.25. The minimum absolute atomic E-state index is 0.116. The molecule has 3 rings (SSSR count). The summed E-state index contributed by atoms with van der Waals surface area (Å²) in [5.74, 6) is 0.877. The van der Waals surface area contributed by atoms with E-state index in [1.54, 1.807) is 11.3 Å². The number of hydrogen-bond donors (Lipinski definition) is 0. The van der Waals surface area contributed by atoms with E-state index in [4.69, 9.17) is 11.6 Å². The van der Waals surface area contributed by atoms with Crippen LogP contribution in [0.5, 0.6) is 0 Å². The highest BCUT2D eigenvalue weighted by Gasteiger charge is 2.21. The summed E-state index contributed by atoms with van der Waals surface area (Å²) in [6.45, 7) is 4.08. The molecule has 0 bridgehead atoms. The Morgan fingerprint density at radius 1 is 1.35 bits per heavy atom. The highest BCUT2D eigenvalue weighted by molar-refractivity contribution is 9.10. The molecule has 0 aliphatic rings. The molecule has 2 heterocycles. The Kier molecular flexibility index (Phi) is 3.84. The van der Waals surface area contributed by atoms with Gasteiger partial charge in [0.05, 0.1) is 22.5 Å². The number of nitrogens with zero attached hydrogens (tertiary/aromatic N) is 3. The average Bonchev–Trinajstić information content (AvgIpc) is 3.04. The molecule has 0 saturated carbocycles. The number of benzene rings is 1. The largest absolute Gasteiger partial charge is 0.317 e. The summed E-state index contributed by atoms with van der Waals surface area (Å²) in [5.41, 5.74) is 2.03. The van der Waals surface area contributed by atoms with Crippen LogP contribution < -0.4 is 0 Å². The molecule has 3 nitrogen and oxygen atoms in total. The zero-order valence-electron chi connectivity index (χ0n) is 11.0. The number of imidazole rings is 1. The van der Waals surface area contributed by atoms with Crippen molar-refractivity contribution in [2.24, 2.45) is 0 Å². The summed E-state index contributed by atoms with van der Waals surface area (Å²) >= 11 is 11.5. The predicted octanol–water partition coefficient (Wildman–Crippen LogP) is 5.16.